The molecule has 8 N–H and O–H groups in total. The quantitative estimate of drug-likeness (QED) is 0.0394. The average Bonchev–Trinajstić information content (AvgIpc) is 0.854. The van der Waals surface area contributed by atoms with E-state index < -0.39 is 58.9 Å². The number of ether oxygens (including phenoxy) is 2. The van der Waals surface area contributed by atoms with Gasteiger partial charge in [-0.05, 0) is 201 Å². The van der Waals surface area contributed by atoms with E-state index in [0.717, 1.165) is 32.1 Å². The summed E-state index contributed by atoms with van der Waals surface area (Å²) in [6.45, 7) is 15.3. The molecule has 0 aromatic heterocycles. The molecule has 6 aliphatic rings. The van der Waals surface area contributed by atoms with Gasteiger partial charge in [0, 0.05) is 142 Å². The van der Waals surface area contributed by atoms with Gasteiger partial charge < -0.3 is 91.2 Å². The molecule has 0 aliphatic carbocycles. The summed E-state index contributed by atoms with van der Waals surface area (Å²) in [5.41, 5.74) is 1.55. The number of piperidine rings is 6. The molecule has 6 aromatic rings. The highest BCUT2D eigenvalue weighted by Crippen LogP contribution is 2.32. The lowest BCUT2D eigenvalue weighted by atomic mass is 9.97. The van der Waals surface area contributed by atoms with E-state index in [1.165, 1.54) is 94.6 Å². The second kappa shape index (κ2) is 55.1. The van der Waals surface area contributed by atoms with Gasteiger partial charge >= 0.3 is 36.3 Å². The predicted molar refractivity (Wildman–Crippen MR) is 501 cm³/mol. The zero-order valence-electron chi connectivity index (χ0n) is 75.2. The first-order valence-corrected chi connectivity index (χ1v) is 45.9. The minimum absolute atomic E-state index is 0.0121. The van der Waals surface area contributed by atoms with Gasteiger partial charge in [-0.25, -0.2) is 55.1 Å². The Morgan fingerprint density at radius 3 is 0.962 bits per heavy atom. The number of halogens is 12. The van der Waals surface area contributed by atoms with Crippen LogP contribution in [0.15, 0.2) is 109 Å². The van der Waals surface area contributed by atoms with Crippen LogP contribution in [0.25, 0.3) is 0 Å². The van der Waals surface area contributed by atoms with E-state index in [4.69, 9.17) is 74.3 Å². The van der Waals surface area contributed by atoms with Gasteiger partial charge in [0.2, 0.25) is 35.4 Å². The number of nitrogens with one attached hydrogen (secondary N) is 8. The first-order valence-electron chi connectivity index (χ1n) is 43.7. The van der Waals surface area contributed by atoms with E-state index in [-0.39, 0.29) is 138 Å². The van der Waals surface area contributed by atoms with Crippen molar-refractivity contribution in [3.63, 3.8) is 0 Å². The van der Waals surface area contributed by atoms with Crippen LogP contribution in [0.5, 0.6) is 0 Å². The smallest absolute Gasteiger partial charge is 0.409 e. The molecule has 6 atom stereocenters. The van der Waals surface area contributed by atoms with Gasteiger partial charge in [-0.2, -0.15) is 0 Å². The Labute approximate surface area is 799 Å². The van der Waals surface area contributed by atoms with E-state index in [2.05, 4.69) is 47.3 Å². The maximum Gasteiger partial charge on any atom is 0.409 e. The standard InChI is InChI=1S/2C16H21ClFN3O2.2C15H19ClFN3O2.C15H18ClFN2O3.C14H16ClFN2O3/c1-3-20(2)16(23)21-8-4-5-11(10-21)15(22)19-12-6-7-13(17)14(18)9-12;1-2-7-19-16(23)21-8-3-4-11(10-21)15(22)20-12-5-6-13(17)14(18)9-12;1-19(2)15(22)20-7-3-4-10(9-20)14(21)18-11-5-6-12(16)13(17)8-11;1-2-18-15(22)20-7-3-4-10(9-20)14(21)19-11-5-6-12(16)13(17)8-11;1-2-22-15(21)19-8-4-5-10(9-19)14(20)18-12-7-3-6-11(16)13(12)17;1-21-14(20)18-7-3-4-9(8-18)13(19)17-11-6-2-5-10(15)12(11)16/h6-7,9,11H,3-5,8,10H2,1-2H3,(H,19,22);5-6,9,11H,2-4,7-8,10H2,1H3,(H,19,23)(H,20,22);5-6,8,10H,3-4,7,9H2,1-2H3,(H,18,21);5-6,8,10H,2-4,7,9H2,1H3,(H,18,22)(H,19,21);3,6-7,10H,2,4-5,8-9H2,1H3,(H,18,20);2,5-6,9H,3-4,7-8H2,1H3,(H,17,19)/t2*11-;3*10-;9-/m000000/s1. The van der Waals surface area contributed by atoms with Crippen molar-refractivity contribution in [3.8, 4) is 0 Å². The highest BCUT2D eigenvalue weighted by Gasteiger charge is 2.36. The second-order valence-electron chi connectivity index (χ2n) is 32.1. The maximum absolute atomic E-state index is 13.8. The average molecular weight is 1980 g/mol. The van der Waals surface area contributed by atoms with Crippen molar-refractivity contribution >= 4 is 175 Å². The van der Waals surface area contributed by atoms with Gasteiger partial charge in [0.05, 0.1) is 90.7 Å². The topological polar surface area (TPSA) is 345 Å². The number of methoxy groups -OCH3 is 1. The van der Waals surface area contributed by atoms with Crippen LogP contribution in [0.1, 0.15) is 111 Å². The number of carbonyl (C=O) groups excluding carboxylic acids is 12. The van der Waals surface area contributed by atoms with Crippen LogP contribution >= 0.6 is 69.6 Å². The van der Waals surface area contributed by atoms with Gasteiger partial charge in [0.25, 0.3) is 0 Å². The molecule has 6 aliphatic heterocycles. The Hall–Kier alpha value is -10.9. The minimum atomic E-state index is -0.659. The van der Waals surface area contributed by atoms with E-state index in [1.807, 2.05) is 20.8 Å². The van der Waals surface area contributed by atoms with E-state index in [9.17, 15) is 83.9 Å². The number of hydrogen-bond donors (Lipinski definition) is 8. The summed E-state index contributed by atoms with van der Waals surface area (Å²) in [6.07, 6.45) is 8.59. The van der Waals surface area contributed by atoms with E-state index in [0.29, 0.717) is 166 Å². The molecule has 133 heavy (non-hydrogen) atoms. The number of carbonyl (C=O) groups is 12. The molecular weight excluding hydrogens is 1870 g/mol. The van der Waals surface area contributed by atoms with Crippen molar-refractivity contribution in [2.24, 2.45) is 35.5 Å². The molecule has 0 unspecified atom stereocenters. The first-order chi connectivity index (χ1) is 63.4. The number of hydrogen-bond acceptors (Lipinski definition) is 14. The summed E-state index contributed by atoms with van der Waals surface area (Å²) in [4.78, 5) is 158. The predicted octanol–water partition coefficient (Wildman–Crippen LogP) is 18.3. The van der Waals surface area contributed by atoms with Gasteiger partial charge in [-0.15, -0.1) is 0 Å². The van der Waals surface area contributed by atoms with Crippen molar-refractivity contribution < 1.29 is 93.4 Å². The Kier molecular flexibility index (Phi) is 45.2. The molecule has 6 fully saturated rings. The van der Waals surface area contributed by atoms with Gasteiger partial charge in [0.15, 0.2) is 11.6 Å². The molecule has 12 rings (SSSR count). The second-order valence-corrected chi connectivity index (χ2v) is 34.5. The van der Waals surface area contributed by atoms with Gasteiger partial charge in [-0.1, -0.05) is 88.7 Å². The van der Waals surface area contributed by atoms with Gasteiger partial charge in [0.1, 0.15) is 23.3 Å². The van der Waals surface area contributed by atoms with Crippen molar-refractivity contribution in [1.29, 1.82) is 0 Å². The van der Waals surface area contributed by atoms with Crippen LogP contribution in [0.3, 0.4) is 0 Å². The van der Waals surface area contributed by atoms with Crippen molar-refractivity contribution in [2.75, 3.05) is 165 Å². The lowest BCUT2D eigenvalue weighted by molar-refractivity contribution is -0.122. The van der Waals surface area contributed by atoms with E-state index in [1.54, 1.807) is 89.0 Å². The monoisotopic (exact) mass is 1980 g/mol. The summed E-state index contributed by atoms with van der Waals surface area (Å²) >= 11 is 33.8. The lowest BCUT2D eigenvalue weighted by Crippen LogP contribution is -2.48. The maximum atomic E-state index is 13.8. The SMILES string of the molecule is CCCNC(=O)N1CCC[C@H](C(=O)Nc2ccc(Cl)c(F)c2)C1.CCN(C)C(=O)N1CCC[C@H](C(=O)Nc2ccc(Cl)c(F)c2)C1.CCNC(=O)N1CCC[C@H](C(=O)Nc2ccc(Cl)c(F)c2)C1.CCOC(=O)N1CCC[C@H](C(=O)Nc2cccc(Cl)c2F)C1.CN(C)C(=O)N1CCC[C@H](C(=O)Nc2ccc(Cl)c(F)c2)C1.COC(=O)N1CCC[C@H](C(=O)Nc2cccc(Cl)c2F)C1. The summed E-state index contributed by atoms with van der Waals surface area (Å²) in [6, 6.07) is 24.9. The molecule has 42 heteroatoms. The van der Waals surface area contributed by atoms with Crippen LogP contribution in [0, 0.1) is 70.4 Å². The Bertz CT molecular complexity index is 5010. The summed E-state index contributed by atoms with van der Waals surface area (Å²) < 4.78 is 90.8. The molecule has 726 valence electrons. The van der Waals surface area contributed by atoms with Crippen LogP contribution in [0.2, 0.25) is 30.1 Å². The molecular formula is C91H114Cl6F6N16O14. The molecule has 0 spiro atoms. The fraction of sp³-hybridized carbons (Fsp3) is 0.473. The number of nitrogens with zero attached hydrogens (tertiary/aromatic N) is 8. The zero-order chi connectivity index (χ0) is 97.7. The highest BCUT2D eigenvalue weighted by molar-refractivity contribution is 6.32. The number of urea groups is 4. The summed E-state index contributed by atoms with van der Waals surface area (Å²) in [5.74, 6) is -7.07. The highest BCUT2D eigenvalue weighted by atomic mass is 35.5. The molecule has 6 heterocycles. The third-order valence-corrected chi connectivity index (χ3v) is 23.8. The first kappa shape index (κ1) is 109. The fourth-order valence-corrected chi connectivity index (χ4v) is 15.6. The number of likely N-dealkylation sites (tertiary alicyclic amines) is 6. The van der Waals surface area contributed by atoms with Crippen molar-refractivity contribution in [2.45, 2.75) is 111 Å². The lowest BCUT2D eigenvalue weighted by Gasteiger charge is -2.34. The molecule has 6 aromatic carbocycles. The summed E-state index contributed by atoms with van der Waals surface area (Å²) in [5, 5.41) is 21.3. The Morgan fingerprint density at radius 2 is 0.662 bits per heavy atom. The molecule has 30 nitrogen and oxygen atoms in total. The fourth-order valence-electron chi connectivity index (χ4n) is 14.7. The molecule has 0 radical (unpaired) electrons. The number of rotatable bonds is 17. The Morgan fingerprint density at radius 1 is 0.368 bits per heavy atom. The van der Waals surface area contributed by atoms with Crippen LogP contribution in [0.4, 0.5) is 89.2 Å². The number of benzene rings is 6. The van der Waals surface area contributed by atoms with Crippen molar-refractivity contribution in [1.82, 2.24) is 49.8 Å². The van der Waals surface area contributed by atoms with Crippen molar-refractivity contribution in [3.05, 3.63) is 174 Å². The normalized spacial score (nSPS) is 17.9. The van der Waals surface area contributed by atoms with Crippen LogP contribution < -0.4 is 42.5 Å². The Balaban J connectivity index is 0.000000218. The van der Waals surface area contributed by atoms with Crippen LogP contribution in [-0.4, -0.2) is 244 Å². The number of amides is 16. The molecule has 6 saturated heterocycles. The van der Waals surface area contributed by atoms with Crippen LogP contribution in [-0.2, 0) is 38.2 Å². The zero-order valence-corrected chi connectivity index (χ0v) is 79.7. The number of anilines is 6. The molecule has 0 bridgehead atoms. The molecule has 0 saturated carbocycles. The molecule has 16 amide bonds. The third kappa shape index (κ3) is 34.5. The largest absolute Gasteiger partial charge is 0.453 e. The van der Waals surface area contributed by atoms with Gasteiger partial charge in [-0.3, -0.25) is 28.8 Å². The summed E-state index contributed by atoms with van der Waals surface area (Å²) in [7, 11) is 6.40. The minimum Gasteiger partial charge on any atom is -0.453 e. The van der Waals surface area contributed by atoms with E-state index >= 15 is 0 Å². The third-order valence-electron chi connectivity index (χ3n) is 22.0.